The van der Waals surface area contributed by atoms with Gasteiger partial charge in [0.15, 0.2) is 0 Å². The Hall–Kier alpha value is -1.06. The first-order valence-electron chi connectivity index (χ1n) is 6.93. The zero-order valence-electron chi connectivity index (χ0n) is 11.1. The van der Waals surface area contributed by atoms with Crippen LogP contribution in [0.25, 0.3) is 0 Å². The molecule has 18 heavy (non-hydrogen) atoms. The third-order valence-corrected chi connectivity index (χ3v) is 3.49. The fourth-order valence-corrected chi connectivity index (χ4v) is 2.43. The van der Waals surface area contributed by atoms with Crippen LogP contribution in [0.2, 0.25) is 0 Å². The average Bonchev–Trinajstić information content (AvgIpc) is 2.90. The van der Waals surface area contributed by atoms with Gasteiger partial charge in [0, 0.05) is 6.54 Å². The smallest absolute Gasteiger partial charge is 0.119 e. The fraction of sp³-hybridized carbons (Fsp3) is 0.600. The molecule has 0 aromatic heterocycles. The lowest BCUT2D eigenvalue weighted by molar-refractivity contribution is 0.149. The van der Waals surface area contributed by atoms with Gasteiger partial charge in [-0.05, 0) is 57.0 Å². The largest absolute Gasteiger partial charge is 0.494 e. The molecule has 1 N–H and O–H groups in total. The summed E-state index contributed by atoms with van der Waals surface area (Å²) in [6, 6.07) is 7.77. The fourth-order valence-electron chi connectivity index (χ4n) is 2.43. The van der Waals surface area contributed by atoms with Gasteiger partial charge in [0.05, 0.1) is 12.7 Å². The topological polar surface area (TPSA) is 32.7 Å². The van der Waals surface area contributed by atoms with Crippen molar-refractivity contribution in [3.05, 3.63) is 29.8 Å². The quantitative estimate of drug-likeness (QED) is 0.841. The lowest BCUT2D eigenvalue weighted by Gasteiger charge is -2.17. The van der Waals surface area contributed by atoms with Crippen molar-refractivity contribution in [3.8, 4) is 5.75 Å². The molecule has 1 fully saturated rings. The van der Waals surface area contributed by atoms with E-state index in [0.717, 1.165) is 24.3 Å². The Kier molecular flexibility index (Phi) is 5.02. The van der Waals surface area contributed by atoms with E-state index in [-0.39, 0.29) is 6.10 Å². The van der Waals surface area contributed by atoms with Crippen molar-refractivity contribution in [2.75, 3.05) is 26.2 Å². The number of hydrogen-bond acceptors (Lipinski definition) is 3. The average molecular weight is 249 g/mol. The summed E-state index contributed by atoms with van der Waals surface area (Å²) >= 11 is 0. The molecule has 1 aliphatic rings. The molecule has 0 aliphatic carbocycles. The Balaban J connectivity index is 1.81. The number of benzene rings is 1. The predicted molar refractivity (Wildman–Crippen MR) is 72.9 cm³/mol. The van der Waals surface area contributed by atoms with Crippen LogP contribution in [0.3, 0.4) is 0 Å². The second-order valence-corrected chi connectivity index (χ2v) is 4.86. The van der Waals surface area contributed by atoms with Gasteiger partial charge in [-0.1, -0.05) is 12.1 Å². The second-order valence-electron chi connectivity index (χ2n) is 4.86. The van der Waals surface area contributed by atoms with Crippen molar-refractivity contribution in [2.45, 2.75) is 32.3 Å². The van der Waals surface area contributed by atoms with Gasteiger partial charge in [-0.25, -0.2) is 0 Å². The van der Waals surface area contributed by atoms with Gasteiger partial charge in [-0.3, -0.25) is 0 Å². The van der Waals surface area contributed by atoms with E-state index < -0.39 is 0 Å². The van der Waals surface area contributed by atoms with E-state index in [4.69, 9.17) is 4.74 Å². The van der Waals surface area contributed by atoms with Crippen molar-refractivity contribution in [2.24, 2.45) is 0 Å². The van der Waals surface area contributed by atoms with Crippen molar-refractivity contribution < 1.29 is 9.84 Å². The van der Waals surface area contributed by atoms with E-state index in [1.54, 1.807) is 0 Å². The Bertz CT molecular complexity index is 344. The first-order valence-corrected chi connectivity index (χ1v) is 6.93. The number of aliphatic hydroxyl groups excluding tert-OH is 1. The second kappa shape index (κ2) is 6.76. The van der Waals surface area contributed by atoms with Gasteiger partial charge >= 0.3 is 0 Å². The first-order chi connectivity index (χ1) is 8.79. The Morgan fingerprint density at radius 3 is 2.50 bits per heavy atom. The molecule has 2 rings (SSSR count). The summed E-state index contributed by atoms with van der Waals surface area (Å²) in [5.74, 6) is 0.869. The van der Waals surface area contributed by atoms with Gasteiger partial charge in [-0.15, -0.1) is 0 Å². The molecule has 0 bridgehead atoms. The third kappa shape index (κ3) is 3.72. The maximum Gasteiger partial charge on any atom is 0.119 e. The molecule has 1 aliphatic heterocycles. The lowest BCUT2D eigenvalue weighted by atomic mass is 10.1. The van der Waals surface area contributed by atoms with Gasteiger partial charge in [0.2, 0.25) is 0 Å². The van der Waals surface area contributed by atoms with E-state index in [2.05, 4.69) is 4.90 Å². The minimum Gasteiger partial charge on any atom is -0.494 e. The van der Waals surface area contributed by atoms with E-state index in [9.17, 15) is 5.11 Å². The molecule has 0 saturated carbocycles. The highest BCUT2D eigenvalue weighted by Crippen LogP contribution is 2.21. The van der Waals surface area contributed by atoms with E-state index in [0.29, 0.717) is 6.61 Å². The number of nitrogens with zero attached hydrogens (tertiary/aromatic N) is 1. The first kappa shape index (κ1) is 13.4. The maximum atomic E-state index is 10.1. The minimum atomic E-state index is -0.360. The van der Waals surface area contributed by atoms with Gasteiger partial charge < -0.3 is 14.7 Å². The highest BCUT2D eigenvalue weighted by atomic mass is 16.5. The number of aliphatic hydroxyl groups is 1. The summed E-state index contributed by atoms with van der Waals surface area (Å²) < 4.78 is 5.39. The van der Waals surface area contributed by atoms with Crippen molar-refractivity contribution in [1.29, 1.82) is 0 Å². The van der Waals surface area contributed by atoms with Gasteiger partial charge in [-0.2, -0.15) is 0 Å². The zero-order chi connectivity index (χ0) is 12.8. The van der Waals surface area contributed by atoms with E-state index in [1.807, 2.05) is 31.2 Å². The molecule has 0 unspecified atom stereocenters. The van der Waals surface area contributed by atoms with Crippen molar-refractivity contribution >= 4 is 0 Å². The molecular formula is C15H23NO2. The molecule has 0 amide bonds. The summed E-state index contributed by atoms with van der Waals surface area (Å²) in [5.41, 5.74) is 0.984. The van der Waals surface area contributed by atoms with Crippen LogP contribution in [0.5, 0.6) is 5.75 Å². The predicted octanol–water partition coefficient (Wildman–Crippen LogP) is 2.60. The van der Waals surface area contributed by atoms with Gasteiger partial charge in [0.25, 0.3) is 0 Å². The van der Waals surface area contributed by atoms with Crippen LogP contribution in [0.4, 0.5) is 0 Å². The molecule has 100 valence electrons. The third-order valence-electron chi connectivity index (χ3n) is 3.49. The van der Waals surface area contributed by atoms with Crippen LogP contribution in [0.15, 0.2) is 24.3 Å². The normalized spacial score (nSPS) is 17.9. The summed E-state index contributed by atoms with van der Waals surface area (Å²) in [6.07, 6.45) is 3.06. The molecule has 0 spiro atoms. The van der Waals surface area contributed by atoms with Crippen LogP contribution in [0.1, 0.15) is 37.9 Å². The number of likely N-dealkylation sites (tertiary alicyclic amines) is 1. The van der Waals surface area contributed by atoms with Crippen LogP contribution in [-0.4, -0.2) is 36.2 Å². The number of rotatable bonds is 6. The van der Waals surface area contributed by atoms with Crippen LogP contribution >= 0.6 is 0 Å². The molecule has 1 aromatic rings. The number of hydrogen-bond donors (Lipinski definition) is 1. The standard InChI is InChI=1S/C15H23NO2/c1-2-18-14-7-5-13(6-8-14)15(17)9-12-16-10-3-4-11-16/h5-8,15,17H,2-4,9-12H2,1H3/t15-/m0/s1. The molecular weight excluding hydrogens is 226 g/mol. The van der Waals surface area contributed by atoms with Crippen molar-refractivity contribution in [3.63, 3.8) is 0 Å². The zero-order valence-corrected chi connectivity index (χ0v) is 11.1. The molecule has 1 heterocycles. The van der Waals surface area contributed by atoms with Crippen LogP contribution in [-0.2, 0) is 0 Å². The van der Waals surface area contributed by atoms with E-state index in [1.165, 1.54) is 25.9 Å². The molecule has 1 atom stereocenters. The Morgan fingerprint density at radius 1 is 1.22 bits per heavy atom. The van der Waals surface area contributed by atoms with E-state index >= 15 is 0 Å². The molecule has 3 heteroatoms. The van der Waals surface area contributed by atoms with Crippen LogP contribution < -0.4 is 4.74 Å². The molecule has 1 aromatic carbocycles. The monoisotopic (exact) mass is 249 g/mol. The summed E-state index contributed by atoms with van der Waals surface area (Å²) in [6.45, 7) is 6.02. The summed E-state index contributed by atoms with van der Waals surface area (Å²) in [4.78, 5) is 2.43. The SMILES string of the molecule is CCOc1ccc([C@@H](O)CCN2CCCC2)cc1. The molecule has 3 nitrogen and oxygen atoms in total. The summed E-state index contributed by atoms with van der Waals surface area (Å²) in [5, 5.41) is 10.1. The molecule has 0 radical (unpaired) electrons. The Labute approximate surface area is 109 Å². The lowest BCUT2D eigenvalue weighted by Crippen LogP contribution is -2.22. The highest BCUT2D eigenvalue weighted by molar-refractivity contribution is 5.28. The number of ether oxygens (including phenoxy) is 1. The highest BCUT2D eigenvalue weighted by Gasteiger charge is 2.14. The minimum absolute atomic E-state index is 0.360. The van der Waals surface area contributed by atoms with Gasteiger partial charge in [0.1, 0.15) is 5.75 Å². The van der Waals surface area contributed by atoms with Crippen molar-refractivity contribution in [1.82, 2.24) is 4.90 Å². The molecule has 1 saturated heterocycles. The Morgan fingerprint density at radius 2 is 1.89 bits per heavy atom. The maximum absolute atomic E-state index is 10.1. The van der Waals surface area contributed by atoms with Crippen LogP contribution in [0, 0.1) is 0 Å². The summed E-state index contributed by atoms with van der Waals surface area (Å²) in [7, 11) is 0.